The van der Waals surface area contributed by atoms with E-state index in [0.29, 0.717) is 16.7 Å². The van der Waals surface area contributed by atoms with Crippen LogP contribution in [0.2, 0.25) is 0 Å². The van der Waals surface area contributed by atoms with Crippen molar-refractivity contribution in [3.63, 3.8) is 0 Å². The molecule has 0 bridgehead atoms. The molecule has 94 valence electrons. The first-order chi connectivity index (χ1) is 9.24. The van der Waals surface area contributed by atoms with E-state index in [0.717, 1.165) is 0 Å². The summed E-state index contributed by atoms with van der Waals surface area (Å²) >= 11 is 0. The van der Waals surface area contributed by atoms with Gasteiger partial charge in [0.25, 0.3) is 0 Å². The molecule has 1 N–H and O–H groups in total. The number of benzene rings is 2. The number of para-hydroxylation sites is 1. The van der Waals surface area contributed by atoms with Gasteiger partial charge in [0, 0.05) is 11.6 Å². The summed E-state index contributed by atoms with van der Waals surface area (Å²) in [5, 5.41) is 10.1. The Hall–Kier alpha value is -2.62. The van der Waals surface area contributed by atoms with Gasteiger partial charge in [0.2, 0.25) is 0 Å². The summed E-state index contributed by atoms with van der Waals surface area (Å²) in [6, 6.07) is 12.6. The Kier molecular flexibility index (Phi) is 2.76. The van der Waals surface area contributed by atoms with Crippen molar-refractivity contribution < 1.29 is 14.2 Å². The van der Waals surface area contributed by atoms with Crippen molar-refractivity contribution in [1.29, 1.82) is 0 Å². The molecule has 0 atom stereocenters. The van der Waals surface area contributed by atoms with Crippen molar-refractivity contribution in [2.75, 3.05) is 0 Å². The van der Waals surface area contributed by atoms with E-state index in [1.165, 1.54) is 6.07 Å². The molecule has 0 spiro atoms. The summed E-state index contributed by atoms with van der Waals surface area (Å²) in [6.45, 7) is 0. The zero-order valence-electron chi connectivity index (χ0n) is 9.88. The largest absolute Gasteiger partial charge is 0.508 e. The molecule has 3 nitrogen and oxygen atoms in total. The molecule has 0 amide bonds. The van der Waals surface area contributed by atoms with Gasteiger partial charge in [0.1, 0.15) is 11.5 Å². The molecule has 0 saturated carbocycles. The van der Waals surface area contributed by atoms with Gasteiger partial charge < -0.3 is 9.84 Å². The molecule has 3 aromatic rings. The normalized spacial score (nSPS) is 10.6. The molecule has 3 rings (SSSR count). The maximum atomic E-state index is 13.6. The number of hydrogen-bond acceptors (Lipinski definition) is 3. The molecule has 1 aromatic heterocycles. The summed E-state index contributed by atoms with van der Waals surface area (Å²) < 4.78 is 19.1. The number of fused-ring (bicyclic) bond motifs is 1. The van der Waals surface area contributed by atoms with Crippen LogP contribution in [0.15, 0.2) is 54.7 Å². The molecular weight excluding hydrogens is 245 g/mol. The van der Waals surface area contributed by atoms with E-state index < -0.39 is 5.82 Å². The number of rotatable bonds is 2. The second-order valence-corrected chi connectivity index (χ2v) is 4.04. The number of ether oxygens (including phenoxy) is 1. The molecule has 0 saturated heterocycles. The molecule has 4 heteroatoms. The number of phenols is 1. The highest BCUT2D eigenvalue weighted by atomic mass is 19.1. The van der Waals surface area contributed by atoms with Crippen molar-refractivity contribution in [1.82, 2.24) is 4.98 Å². The first-order valence-electron chi connectivity index (χ1n) is 5.74. The minimum atomic E-state index is -0.437. The van der Waals surface area contributed by atoms with Gasteiger partial charge in [0.05, 0.1) is 5.52 Å². The molecule has 1 heterocycles. The van der Waals surface area contributed by atoms with Gasteiger partial charge in [-0.25, -0.2) is 4.39 Å². The number of halogens is 1. The first kappa shape index (κ1) is 11.5. The van der Waals surface area contributed by atoms with Crippen molar-refractivity contribution in [3.8, 4) is 17.2 Å². The summed E-state index contributed by atoms with van der Waals surface area (Å²) in [5.41, 5.74) is 0.673. The zero-order valence-corrected chi connectivity index (χ0v) is 9.88. The SMILES string of the molecule is Oc1ccc2nccc(Oc3ccccc3F)c2c1. The van der Waals surface area contributed by atoms with Crippen LogP contribution in [0, 0.1) is 5.82 Å². The smallest absolute Gasteiger partial charge is 0.165 e. The number of aromatic nitrogens is 1. The molecule has 0 aliphatic heterocycles. The molecular formula is C15H10FNO2. The van der Waals surface area contributed by atoms with Crippen LogP contribution in [0.25, 0.3) is 10.9 Å². The quantitative estimate of drug-likeness (QED) is 0.755. The number of pyridine rings is 1. The van der Waals surface area contributed by atoms with Crippen molar-refractivity contribution in [2.45, 2.75) is 0 Å². The number of hydrogen-bond donors (Lipinski definition) is 1. The maximum absolute atomic E-state index is 13.6. The van der Waals surface area contributed by atoms with E-state index in [1.54, 1.807) is 48.7 Å². The standard InChI is InChI=1S/C15H10FNO2/c16-12-3-1-2-4-15(12)19-14-7-8-17-13-6-5-10(18)9-11(13)14/h1-9,18H. The molecule has 0 radical (unpaired) electrons. The van der Waals surface area contributed by atoms with E-state index in [4.69, 9.17) is 4.74 Å². The minimum absolute atomic E-state index is 0.110. The van der Waals surface area contributed by atoms with Crippen LogP contribution in [0.4, 0.5) is 4.39 Å². The van der Waals surface area contributed by atoms with Crippen LogP contribution in [0.1, 0.15) is 0 Å². The summed E-state index contributed by atoms with van der Waals surface area (Å²) in [7, 11) is 0. The monoisotopic (exact) mass is 255 g/mol. The van der Waals surface area contributed by atoms with Crippen LogP contribution in [-0.2, 0) is 0 Å². The minimum Gasteiger partial charge on any atom is -0.508 e. The Morgan fingerprint density at radius 1 is 1.00 bits per heavy atom. The summed E-state index contributed by atoms with van der Waals surface area (Å²) in [4.78, 5) is 4.16. The van der Waals surface area contributed by atoms with E-state index >= 15 is 0 Å². The lowest BCUT2D eigenvalue weighted by molar-refractivity contribution is 0.445. The van der Waals surface area contributed by atoms with Crippen LogP contribution < -0.4 is 4.74 Å². The van der Waals surface area contributed by atoms with Gasteiger partial charge in [-0.3, -0.25) is 4.98 Å². The van der Waals surface area contributed by atoms with E-state index in [1.807, 2.05) is 0 Å². The molecule has 2 aromatic carbocycles. The zero-order chi connectivity index (χ0) is 13.2. The van der Waals surface area contributed by atoms with Crippen molar-refractivity contribution in [3.05, 3.63) is 60.5 Å². The van der Waals surface area contributed by atoms with Crippen LogP contribution in [0.3, 0.4) is 0 Å². The molecule has 19 heavy (non-hydrogen) atoms. The third-order valence-electron chi connectivity index (χ3n) is 2.74. The van der Waals surface area contributed by atoms with Gasteiger partial charge in [-0.05, 0) is 36.4 Å². The Morgan fingerprint density at radius 3 is 2.68 bits per heavy atom. The first-order valence-corrected chi connectivity index (χ1v) is 5.74. The Bertz CT molecular complexity index is 743. The fourth-order valence-corrected chi connectivity index (χ4v) is 1.84. The van der Waals surface area contributed by atoms with E-state index in [9.17, 15) is 9.50 Å². The van der Waals surface area contributed by atoms with Gasteiger partial charge in [-0.15, -0.1) is 0 Å². The Morgan fingerprint density at radius 2 is 1.84 bits per heavy atom. The van der Waals surface area contributed by atoms with Gasteiger partial charge in [-0.1, -0.05) is 12.1 Å². The Balaban J connectivity index is 2.10. The summed E-state index contributed by atoms with van der Waals surface area (Å²) in [6.07, 6.45) is 1.58. The fourth-order valence-electron chi connectivity index (χ4n) is 1.84. The lowest BCUT2D eigenvalue weighted by Crippen LogP contribution is -1.90. The predicted octanol–water partition coefficient (Wildman–Crippen LogP) is 3.87. The van der Waals surface area contributed by atoms with Crippen LogP contribution in [0.5, 0.6) is 17.2 Å². The average molecular weight is 255 g/mol. The van der Waals surface area contributed by atoms with Gasteiger partial charge in [0.15, 0.2) is 11.6 Å². The topological polar surface area (TPSA) is 42.4 Å². The lowest BCUT2D eigenvalue weighted by Gasteiger charge is -2.09. The molecule has 0 aliphatic carbocycles. The number of aromatic hydroxyl groups is 1. The van der Waals surface area contributed by atoms with Crippen molar-refractivity contribution in [2.24, 2.45) is 0 Å². The van der Waals surface area contributed by atoms with E-state index in [2.05, 4.69) is 4.98 Å². The Labute approximate surface area is 108 Å². The van der Waals surface area contributed by atoms with E-state index in [-0.39, 0.29) is 11.5 Å². The highest BCUT2D eigenvalue weighted by Gasteiger charge is 2.08. The summed E-state index contributed by atoms with van der Waals surface area (Å²) in [5.74, 6) is 0.260. The predicted molar refractivity (Wildman–Crippen MR) is 69.9 cm³/mol. The number of phenolic OH excluding ortho intramolecular Hbond substituents is 1. The molecule has 0 fully saturated rings. The highest BCUT2D eigenvalue weighted by Crippen LogP contribution is 2.31. The van der Waals surface area contributed by atoms with Gasteiger partial charge >= 0.3 is 0 Å². The second kappa shape index (κ2) is 4.57. The fraction of sp³-hybridized carbons (Fsp3) is 0. The highest BCUT2D eigenvalue weighted by molar-refractivity contribution is 5.86. The number of nitrogens with zero attached hydrogens (tertiary/aromatic N) is 1. The maximum Gasteiger partial charge on any atom is 0.165 e. The lowest BCUT2D eigenvalue weighted by atomic mass is 10.2. The average Bonchev–Trinajstić information content (AvgIpc) is 2.42. The third kappa shape index (κ3) is 2.20. The molecule has 0 unspecified atom stereocenters. The van der Waals surface area contributed by atoms with Gasteiger partial charge in [-0.2, -0.15) is 0 Å². The third-order valence-corrected chi connectivity index (χ3v) is 2.74. The second-order valence-electron chi connectivity index (χ2n) is 4.04. The van der Waals surface area contributed by atoms with Crippen LogP contribution >= 0.6 is 0 Å². The van der Waals surface area contributed by atoms with Crippen molar-refractivity contribution >= 4 is 10.9 Å². The molecule has 0 aliphatic rings. The van der Waals surface area contributed by atoms with Crippen LogP contribution in [-0.4, -0.2) is 10.1 Å².